The number of aryl methyl sites for hydroxylation is 2. The molecule has 3 aromatic rings. The highest BCUT2D eigenvalue weighted by atomic mass is 32.2. The lowest BCUT2D eigenvalue weighted by Gasteiger charge is -2.09. The molecule has 3 N–H and O–H groups in total. The number of nitrogens with one attached hydrogen (secondary N) is 1. The second kappa shape index (κ2) is 8.09. The van der Waals surface area contributed by atoms with E-state index in [4.69, 9.17) is 5.14 Å². The molecule has 2 aromatic carbocycles. The molecule has 0 aliphatic rings. The Morgan fingerprint density at radius 3 is 2.37 bits per heavy atom. The van der Waals surface area contributed by atoms with Crippen LogP contribution in [0.4, 0.5) is 11.4 Å². The van der Waals surface area contributed by atoms with Crippen molar-refractivity contribution >= 4 is 27.6 Å². The summed E-state index contributed by atoms with van der Waals surface area (Å²) in [6.07, 6.45) is 1.56. The predicted molar refractivity (Wildman–Crippen MR) is 116 cm³/mol. The van der Waals surface area contributed by atoms with Crippen molar-refractivity contribution in [2.75, 3.05) is 5.43 Å². The molecule has 0 saturated carbocycles. The Morgan fingerprint density at radius 2 is 1.77 bits per heavy atom. The molecule has 9 nitrogen and oxygen atoms in total. The van der Waals surface area contributed by atoms with E-state index in [2.05, 4.69) is 15.1 Å². The number of hydrogen-bond acceptors (Lipinski definition) is 6. The smallest absolute Gasteiger partial charge is 0.295 e. The highest BCUT2D eigenvalue weighted by Gasteiger charge is 2.19. The number of nitrogens with two attached hydrogens (primary N) is 1. The van der Waals surface area contributed by atoms with Crippen LogP contribution < -0.4 is 10.6 Å². The van der Waals surface area contributed by atoms with E-state index in [1.807, 2.05) is 51.1 Å². The first kappa shape index (κ1) is 21.2. The molecule has 0 fully saturated rings. The normalized spacial score (nSPS) is 11.7. The van der Waals surface area contributed by atoms with Crippen molar-refractivity contribution in [2.24, 2.45) is 10.2 Å². The molecular formula is C20H21N5O4S. The summed E-state index contributed by atoms with van der Waals surface area (Å²) in [5.74, 6) is 0. The Morgan fingerprint density at radius 1 is 1.10 bits per heavy atom. The lowest BCUT2D eigenvalue weighted by molar-refractivity contribution is -0.384. The lowest BCUT2D eigenvalue weighted by Crippen LogP contribution is -2.12. The number of sulfonamides is 1. The van der Waals surface area contributed by atoms with E-state index in [1.165, 1.54) is 17.7 Å². The fraction of sp³-hybridized carbons (Fsp3) is 0.150. The van der Waals surface area contributed by atoms with Crippen LogP contribution in [0.25, 0.3) is 5.69 Å². The largest absolute Gasteiger partial charge is 0.318 e. The Labute approximate surface area is 174 Å². The quantitative estimate of drug-likeness (QED) is 0.353. The highest BCUT2D eigenvalue weighted by Crippen LogP contribution is 2.27. The first-order chi connectivity index (χ1) is 14.1. The van der Waals surface area contributed by atoms with Gasteiger partial charge in [0.2, 0.25) is 10.0 Å². The van der Waals surface area contributed by atoms with Crippen molar-refractivity contribution in [3.05, 3.63) is 81.2 Å². The minimum Gasteiger partial charge on any atom is -0.318 e. The van der Waals surface area contributed by atoms with Gasteiger partial charge < -0.3 is 4.57 Å². The minimum absolute atomic E-state index is 0.0518. The Hall–Kier alpha value is -3.50. The van der Waals surface area contributed by atoms with Crippen LogP contribution in [0.2, 0.25) is 0 Å². The first-order valence-electron chi connectivity index (χ1n) is 8.94. The van der Waals surface area contributed by atoms with Gasteiger partial charge in [-0.15, -0.1) is 0 Å². The number of hydrogen-bond donors (Lipinski definition) is 2. The van der Waals surface area contributed by atoms with Gasteiger partial charge in [0.25, 0.3) is 5.69 Å². The summed E-state index contributed by atoms with van der Waals surface area (Å²) in [7, 11) is -4.05. The van der Waals surface area contributed by atoms with Crippen LogP contribution >= 0.6 is 0 Å². The van der Waals surface area contributed by atoms with Gasteiger partial charge in [0.1, 0.15) is 5.69 Å². The van der Waals surface area contributed by atoms with Crippen LogP contribution in [0.1, 0.15) is 22.5 Å². The van der Waals surface area contributed by atoms with Gasteiger partial charge in [-0.25, -0.2) is 13.6 Å². The Kier molecular flexibility index (Phi) is 5.72. The number of primary sulfonamides is 1. The van der Waals surface area contributed by atoms with Crippen molar-refractivity contribution in [1.29, 1.82) is 0 Å². The predicted octanol–water partition coefficient (Wildman–Crippen LogP) is 3.40. The number of aromatic nitrogens is 1. The van der Waals surface area contributed by atoms with Crippen LogP contribution in [-0.2, 0) is 10.0 Å². The van der Waals surface area contributed by atoms with Crippen LogP contribution in [0.5, 0.6) is 0 Å². The number of anilines is 1. The first-order valence-corrected chi connectivity index (χ1v) is 10.5. The highest BCUT2D eigenvalue weighted by molar-refractivity contribution is 7.89. The summed E-state index contributed by atoms with van der Waals surface area (Å²) < 4.78 is 24.9. The maximum atomic E-state index is 11.4. The van der Waals surface area contributed by atoms with E-state index in [9.17, 15) is 18.5 Å². The van der Waals surface area contributed by atoms with E-state index < -0.39 is 20.6 Å². The van der Waals surface area contributed by atoms with Crippen molar-refractivity contribution in [3.8, 4) is 5.69 Å². The van der Waals surface area contributed by atoms with Crippen LogP contribution in [0, 0.1) is 30.9 Å². The number of benzene rings is 2. The number of rotatable bonds is 6. The number of nitrogens with zero attached hydrogens (tertiary/aromatic N) is 3. The molecule has 30 heavy (non-hydrogen) atoms. The molecule has 3 rings (SSSR count). The topological polar surface area (TPSA) is 133 Å². The Balaban J connectivity index is 1.88. The molecule has 10 heteroatoms. The van der Waals surface area contributed by atoms with E-state index in [0.717, 1.165) is 28.7 Å². The second-order valence-electron chi connectivity index (χ2n) is 6.85. The van der Waals surface area contributed by atoms with Gasteiger partial charge in [0.05, 0.1) is 16.0 Å². The van der Waals surface area contributed by atoms with Crippen molar-refractivity contribution in [1.82, 2.24) is 4.57 Å². The van der Waals surface area contributed by atoms with Gasteiger partial charge in [0, 0.05) is 28.7 Å². The standard InChI is InChI=1S/C20H21N5O4S/c1-13-4-6-17(7-5-13)24-14(2)10-16(15(24)3)12-22-23-19-9-8-18(30(21,28)29)11-20(19)25(26)27/h4-12,23H,1-3H3,(H2,21,28,29)/b22-12-. The van der Waals surface area contributed by atoms with Gasteiger partial charge >= 0.3 is 0 Å². The second-order valence-corrected chi connectivity index (χ2v) is 8.41. The number of hydrazone groups is 1. The fourth-order valence-corrected chi connectivity index (χ4v) is 3.65. The SMILES string of the molecule is Cc1ccc(-n2c(C)cc(/C=N\Nc3ccc(S(N)(=O)=O)cc3[N+](=O)[O-])c2C)cc1. The summed E-state index contributed by atoms with van der Waals surface area (Å²) in [6.45, 7) is 5.96. The van der Waals surface area contributed by atoms with Gasteiger partial charge in [-0.1, -0.05) is 17.7 Å². The van der Waals surface area contributed by atoms with Crippen LogP contribution in [-0.4, -0.2) is 24.1 Å². The lowest BCUT2D eigenvalue weighted by atomic mass is 10.2. The molecule has 0 unspecified atom stereocenters. The fourth-order valence-electron chi connectivity index (χ4n) is 3.11. The molecule has 0 bridgehead atoms. The van der Waals surface area contributed by atoms with Crippen LogP contribution in [0.3, 0.4) is 0 Å². The zero-order valence-electron chi connectivity index (χ0n) is 16.7. The maximum absolute atomic E-state index is 11.4. The summed E-state index contributed by atoms with van der Waals surface area (Å²) in [5, 5.41) is 20.4. The number of nitro benzene ring substituents is 1. The Bertz CT molecular complexity index is 1240. The molecule has 0 aliphatic carbocycles. The average Bonchev–Trinajstić information content (AvgIpc) is 2.95. The monoisotopic (exact) mass is 427 g/mol. The molecule has 0 amide bonds. The van der Waals surface area contributed by atoms with E-state index in [1.54, 1.807) is 6.21 Å². The van der Waals surface area contributed by atoms with Crippen molar-refractivity contribution in [3.63, 3.8) is 0 Å². The average molecular weight is 427 g/mol. The zero-order chi connectivity index (χ0) is 22.1. The molecule has 156 valence electrons. The summed E-state index contributed by atoms with van der Waals surface area (Å²) in [5.41, 5.74) is 7.22. The molecule has 0 aliphatic heterocycles. The van der Waals surface area contributed by atoms with E-state index >= 15 is 0 Å². The summed E-state index contributed by atoms with van der Waals surface area (Å²) >= 11 is 0. The molecule has 0 saturated heterocycles. The molecule has 0 spiro atoms. The molecule has 1 heterocycles. The third kappa shape index (κ3) is 4.39. The van der Waals surface area contributed by atoms with Crippen LogP contribution in [0.15, 0.2) is 58.5 Å². The van der Waals surface area contributed by atoms with Gasteiger partial charge in [0.15, 0.2) is 0 Å². The summed E-state index contributed by atoms with van der Waals surface area (Å²) in [6, 6.07) is 13.4. The summed E-state index contributed by atoms with van der Waals surface area (Å²) in [4.78, 5) is 10.3. The molecule has 0 atom stereocenters. The third-order valence-corrected chi connectivity index (χ3v) is 5.56. The minimum atomic E-state index is -4.05. The van der Waals surface area contributed by atoms with Crippen molar-refractivity contribution in [2.45, 2.75) is 25.7 Å². The number of nitro groups is 1. The zero-order valence-corrected chi connectivity index (χ0v) is 17.5. The molecule has 1 aromatic heterocycles. The maximum Gasteiger partial charge on any atom is 0.295 e. The van der Waals surface area contributed by atoms with Crippen molar-refractivity contribution < 1.29 is 13.3 Å². The van der Waals surface area contributed by atoms with Gasteiger partial charge in [-0.2, -0.15) is 5.10 Å². The van der Waals surface area contributed by atoms with Gasteiger partial charge in [-0.05, 0) is 51.1 Å². The van der Waals surface area contributed by atoms with Gasteiger partial charge in [-0.3, -0.25) is 15.5 Å². The third-order valence-electron chi connectivity index (χ3n) is 4.65. The molecule has 0 radical (unpaired) electrons. The van der Waals surface area contributed by atoms with E-state index in [-0.39, 0.29) is 10.6 Å². The van der Waals surface area contributed by atoms with E-state index in [0.29, 0.717) is 0 Å². The molecular weight excluding hydrogens is 406 g/mol.